The number of ether oxygens (including phenoxy) is 1. The van der Waals surface area contributed by atoms with E-state index in [9.17, 15) is 4.39 Å². The van der Waals surface area contributed by atoms with E-state index in [0.29, 0.717) is 0 Å². The Morgan fingerprint density at radius 1 is 0.900 bits per heavy atom. The Labute approximate surface area is 178 Å². The van der Waals surface area contributed by atoms with Gasteiger partial charge in [0.15, 0.2) is 0 Å². The maximum absolute atomic E-state index is 14.3. The van der Waals surface area contributed by atoms with E-state index in [4.69, 9.17) is 4.74 Å². The molecule has 154 valence electrons. The number of benzene rings is 3. The molecular formula is C27H28FNO. The molecule has 0 spiro atoms. The van der Waals surface area contributed by atoms with Gasteiger partial charge in [0.2, 0.25) is 0 Å². The van der Waals surface area contributed by atoms with Crippen LogP contribution in [0.5, 0.6) is 0 Å². The summed E-state index contributed by atoms with van der Waals surface area (Å²) in [5.41, 5.74) is 7.43. The van der Waals surface area contributed by atoms with Crippen molar-refractivity contribution >= 4 is 5.69 Å². The maximum Gasteiger partial charge on any atom is 0.123 e. The largest absolute Gasteiger partial charge is 0.377 e. The monoisotopic (exact) mass is 401 g/mol. The first-order valence-corrected chi connectivity index (χ1v) is 10.8. The molecule has 0 amide bonds. The third-order valence-electron chi connectivity index (χ3n) is 6.83. The molecule has 1 heterocycles. The Hall–Kier alpha value is -2.65. The minimum absolute atomic E-state index is 0.0988. The van der Waals surface area contributed by atoms with Gasteiger partial charge in [-0.25, -0.2) is 4.39 Å². The Morgan fingerprint density at radius 2 is 1.60 bits per heavy atom. The summed E-state index contributed by atoms with van der Waals surface area (Å²) in [6, 6.07) is 22.4. The van der Waals surface area contributed by atoms with Crippen LogP contribution in [0.15, 0.2) is 66.7 Å². The highest BCUT2D eigenvalue weighted by molar-refractivity contribution is 5.53. The zero-order valence-electron chi connectivity index (χ0n) is 17.8. The van der Waals surface area contributed by atoms with Gasteiger partial charge in [-0.1, -0.05) is 55.5 Å². The number of halogens is 1. The molecule has 0 bridgehead atoms. The summed E-state index contributed by atoms with van der Waals surface area (Å²) in [7, 11) is 4.16. The molecule has 30 heavy (non-hydrogen) atoms. The Bertz CT molecular complexity index is 1080. The van der Waals surface area contributed by atoms with Crippen molar-refractivity contribution in [2.45, 2.75) is 43.8 Å². The molecule has 3 aromatic rings. The van der Waals surface area contributed by atoms with Crippen LogP contribution in [-0.2, 0) is 11.2 Å². The first-order valence-electron chi connectivity index (χ1n) is 10.8. The zero-order chi connectivity index (χ0) is 20.8. The maximum atomic E-state index is 14.3. The van der Waals surface area contributed by atoms with E-state index in [1.165, 1.54) is 27.9 Å². The van der Waals surface area contributed by atoms with Crippen molar-refractivity contribution in [3.63, 3.8) is 0 Å². The number of fused-ring (bicyclic) bond motifs is 5. The number of para-hydroxylation sites is 1. The summed E-state index contributed by atoms with van der Waals surface area (Å²) in [6.07, 6.45) is 1.83. The van der Waals surface area contributed by atoms with Gasteiger partial charge in [-0.3, -0.25) is 0 Å². The van der Waals surface area contributed by atoms with E-state index >= 15 is 0 Å². The Balaban J connectivity index is 1.55. The average Bonchev–Trinajstić information content (AvgIpc) is 3.13. The fourth-order valence-electron chi connectivity index (χ4n) is 5.44. The molecule has 1 saturated heterocycles. The number of nitrogens with zero attached hydrogens (tertiary/aromatic N) is 1. The summed E-state index contributed by atoms with van der Waals surface area (Å²) >= 11 is 0. The van der Waals surface area contributed by atoms with Crippen molar-refractivity contribution in [2.75, 3.05) is 19.0 Å². The van der Waals surface area contributed by atoms with Gasteiger partial charge in [-0.2, -0.15) is 0 Å². The zero-order valence-corrected chi connectivity index (χ0v) is 17.8. The third kappa shape index (κ3) is 3.22. The molecule has 0 saturated carbocycles. The lowest BCUT2D eigenvalue weighted by Crippen LogP contribution is -2.16. The van der Waals surface area contributed by atoms with Crippen molar-refractivity contribution in [2.24, 2.45) is 0 Å². The summed E-state index contributed by atoms with van der Waals surface area (Å²) < 4.78 is 21.0. The van der Waals surface area contributed by atoms with Crippen molar-refractivity contribution < 1.29 is 9.13 Å². The first-order chi connectivity index (χ1) is 14.5. The number of hydrogen-bond donors (Lipinski definition) is 0. The second-order valence-corrected chi connectivity index (χ2v) is 8.87. The average molecular weight is 402 g/mol. The third-order valence-corrected chi connectivity index (χ3v) is 6.83. The minimum atomic E-state index is -0.185. The van der Waals surface area contributed by atoms with Gasteiger partial charge in [0.25, 0.3) is 0 Å². The lowest BCUT2D eigenvalue weighted by atomic mass is 9.85. The van der Waals surface area contributed by atoms with Crippen LogP contribution in [0.3, 0.4) is 0 Å². The van der Waals surface area contributed by atoms with Crippen LogP contribution in [0.4, 0.5) is 10.1 Å². The fraction of sp³-hybridized carbons (Fsp3) is 0.333. The standard InChI is InChI=1S/C27H28FNO/c1-17-21-9-5-6-10-23(21)25-16-20(14-18-8-4-7-11-26(18)29(2)3)30-27(25)24-15-19(28)12-13-22(17)24/h4-13,15,17,20,25,27H,14,16H2,1-3H3. The van der Waals surface area contributed by atoms with Crippen molar-refractivity contribution in [1.29, 1.82) is 0 Å². The van der Waals surface area contributed by atoms with Gasteiger partial charge in [0.05, 0.1) is 12.2 Å². The Morgan fingerprint density at radius 3 is 2.40 bits per heavy atom. The molecule has 0 radical (unpaired) electrons. The van der Waals surface area contributed by atoms with Crippen LogP contribution in [0.2, 0.25) is 0 Å². The molecule has 0 N–H and O–H groups in total. The van der Waals surface area contributed by atoms with E-state index < -0.39 is 0 Å². The van der Waals surface area contributed by atoms with Crippen molar-refractivity contribution in [3.8, 4) is 0 Å². The van der Waals surface area contributed by atoms with Gasteiger partial charge >= 0.3 is 0 Å². The van der Waals surface area contributed by atoms with Gasteiger partial charge in [0.1, 0.15) is 5.82 Å². The van der Waals surface area contributed by atoms with Crippen LogP contribution in [-0.4, -0.2) is 20.2 Å². The minimum Gasteiger partial charge on any atom is -0.377 e. The molecule has 2 nitrogen and oxygen atoms in total. The lowest BCUT2D eigenvalue weighted by molar-refractivity contribution is 0.0408. The summed E-state index contributed by atoms with van der Waals surface area (Å²) in [5, 5.41) is 0. The molecule has 1 fully saturated rings. The number of anilines is 1. The van der Waals surface area contributed by atoms with Crippen LogP contribution < -0.4 is 4.90 Å². The summed E-state index contributed by atoms with van der Waals surface area (Å²) in [5.74, 6) is 0.304. The molecule has 4 unspecified atom stereocenters. The predicted molar refractivity (Wildman–Crippen MR) is 120 cm³/mol. The van der Waals surface area contributed by atoms with Crippen molar-refractivity contribution in [1.82, 2.24) is 0 Å². The normalized spacial score (nSPS) is 24.5. The van der Waals surface area contributed by atoms with E-state index in [1.807, 2.05) is 6.07 Å². The van der Waals surface area contributed by atoms with Crippen LogP contribution in [0.25, 0.3) is 0 Å². The molecular weight excluding hydrogens is 373 g/mol. The van der Waals surface area contributed by atoms with Crippen LogP contribution in [0.1, 0.15) is 59.1 Å². The Kier molecular flexibility index (Phi) is 4.86. The molecule has 3 heteroatoms. The molecule has 5 rings (SSSR count). The quantitative estimate of drug-likeness (QED) is 0.517. The molecule has 4 atom stereocenters. The highest BCUT2D eigenvalue weighted by atomic mass is 19.1. The highest BCUT2D eigenvalue weighted by Gasteiger charge is 2.42. The second kappa shape index (κ2) is 7.55. The van der Waals surface area contributed by atoms with Crippen molar-refractivity contribution in [3.05, 3.63) is 100 Å². The smallest absolute Gasteiger partial charge is 0.123 e. The lowest BCUT2D eigenvalue weighted by Gasteiger charge is -2.21. The van der Waals surface area contributed by atoms with E-state index in [2.05, 4.69) is 74.4 Å². The van der Waals surface area contributed by atoms with E-state index in [-0.39, 0.29) is 29.9 Å². The highest BCUT2D eigenvalue weighted by Crippen LogP contribution is 2.52. The molecule has 2 aliphatic rings. The fourth-order valence-corrected chi connectivity index (χ4v) is 5.44. The van der Waals surface area contributed by atoms with Gasteiger partial charge in [-0.05, 0) is 52.4 Å². The van der Waals surface area contributed by atoms with Gasteiger partial charge < -0.3 is 9.64 Å². The SMILES string of the molecule is CC1c2ccccc2C2CC(Cc3ccccc3N(C)C)OC2c2cc(F)ccc21. The summed E-state index contributed by atoms with van der Waals surface area (Å²) in [6.45, 7) is 2.22. The number of rotatable bonds is 3. The first kappa shape index (κ1) is 19.3. The molecule has 3 aromatic carbocycles. The van der Waals surface area contributed by atoms with Gasteiger partial charge in [0, 0.05) is 38.0 Å². The summed E-state index contributed by atoms with van der Waals surface area (Å²) in [4.78, 5) is 2.16. The molecule has 0 aromatic heterocycles. The predicted octanol–water partition coefficient (Wildman–Crippen LogP) is 6.21. The van der Waals surface area contributed by atoms with Crippen LogP contribution >= 0.6 is 0 Å². The van der Waals surface area contributed by atoms with Crippen LogP contribution in [0, 0.1) is 5.82 Å². The molecule has 1 aliphatic heterocycles. The topological polar surface area (TPSA) is 12.5 Å². The van der Waals surface area contributed by atoms with E-state index in [1.54, 1.807) is 12.1 Å². The second-order valence-electron chi connectivity index (χ2n) is 8.87. The number of hydrogen-bond acceptors (Lipinski definition) is 2. The van der Waals surface area contributed by atoms with Gasteiger partial charge in [-0.15, -0.1) is 0 Å². The van der Waals surface area contributed by atoms with E-state index in [0.717, 1.165) is 18.4 Å². The molecule has 1 aliphatic carbocycles.